The van der Waals surface area contributed by atoms with Crippen molar-refractivity contribution < 1.29 is 9.21 Å². The molecule has 1 aromatic carbocycles. The Labute approximate surface area is 172 Å². The highest BCUT2D eigenvalue weighted by atomic mass is 35.5. The lowest BCUT2D eigenvalue weighted by Crippen LogP contribution is -2.48. The Morgan fingerprint density at radius 3 is 2.61 bits per heavy atom. The number of benzene rings is 1. The number of halogens is 1. The van der Waals surface area contributed by atoms with Crippen LogP contribution in [-0.4, -0.2) is 53.4 Å². The average molecular weight is 417 g/mol. The Balaban J connectivity index is 1.24. The van der Waals surface area contributed by atoms with E-state index in [1.54, 1.807) is 6.26 Å². The second-order valence-electron chi connectivity index (χ2n) is 6.72. The highest BCUT2D eigenvalue weighted by molar-refractivity contribution is 7.14. The number of nitrogens with one attached hydrogen (secondary N) is 1. The molecule has 0 atom stereocenters. The molecular weight excluding hydrogens is 396 g/mol. The van der Waals surface area contributed by atoms with Gasteiger partial charge in [0.15, 0.2) is 5.13 Å². The molecule has 1 aliphatic rings. The number of furan rings is 1. The van der Waals surface area contributed by atoms with Crippen molar-refractivity contribution in [3.05, 3.63) is 58.8 Å². The van der Waals surface area contributed by atoms with Crippen molar-refractivity contribution >= 4 is 34.0 Å². The summed E-state index contributed by atoms with van der Waals surface area (Å²) in [7, 11) is 0. The number of anilines is 1. The Hall–Kier alpha value is -2.19. The summed E-state index contributed by atoms with van der Waals surface area (Å²) in [5.41, 5.74) is 1.82. The lowest BCUT2D eigenvalue weighted by atomic mass is 10.2. The number of aromatic nitrogens is 1. The minimum atomic E-state index is -0.0310. The quantitative estimate of drug-likeness (QED) is 0.662. The molecule has 146 valence electrons. The second-order valence-corrected chi connectivity index (χ2v) is 8.02. The number of carbonyl (C=O) groups is 1. The number of piperazine rings is 1. The SMILES string of the molecule is O=C(CN1CCN(Cc2ccco2)CC1)Nc1nc(-c2ccc(Cl)cc2)cs1. The van der Waals surface area contributed by atoms with Crippen LogP contribution in [0.4, 0.5) is 5.13 Å². The van der Waals surface area contributed by atoms with E-state index < -0.39 is 0 Å². The third kappa shape index (κ3) is 4.99. The molecule has 6 nitrogen and oxygen atoms in total. The molecule has 3 heterocycles. The summed E-state index contributed by atoms with van der Waals surface area (Å²) in [4.78, 5) is 21.4. The fraction of sp³-hybridized carbons (Fsp3) is 0.300. The zero-order valence-electron chi connectivity index (χ0n) is 15.3. The number of hydrogen-bond donors (Lipinski definition) is 1. The van der Waals surface area contributed by atoms with Crippen molar-refractivity contribution in [2.45, 2.75) is 6.54 Å². The van der Waals surface area contributed by atoms with Crippen molar-refractivity contribution in [2.75, 3.05) is 38.0 Å². The van der Waals surface area contributed by atoms with Gasteiger partial charge in [-0.2, -0.15) is 0 Å². The zero-order valence-corrected chi connectivity index (χ0v) is 16.9. The van der Waals surface area contributed by atoms with Crippen LogP contribution in [0.1, 0.15) is 5.76 Å². The van der Waals surface area contributed by atoms with Crippen LogP contribution in [0.15, 0.2) is 52.5 Å². The van der Waals surface area contributed by atoms with Crippen molar-refractivity contribution in [2.24, 2.45) is 0 Å². The molecule has 0 spiro atoms. The van der Waals surface area contributed by atoms with Crippen LogP contribution < -0.4 is 5.32 Å². The molecular formula is C20H21ClN4O2S. The van der Waals surface area contributed by atoms with Gasteiger partial charge < -0.3 is 9.73 Å². The molecule has 8 heteroatoms. The number of amides is 1. The summed E-state index contributed by atoms with van der Waals surface area (Å²) in [5, 5.41) is 6.16. The molecule has 1 saturated heterocycles. The van der Waals surface area contributed by atoms with Gasteiger partial charge in [0.2, 0.25) is 5.91 Å². The summed E-state index contributed by atoms with van der Waals surface area (Å²) in [6, 6.07) is 11.4. The van der Waals surface area contributed by atoms with Crippen LogP contribution in [0.25, 0.3) is 11.3 Å². The molecule has 2 aromatic heterocycles. The third-order valence-corrected chi connectivity index (χ3v) is 5.69. The van der Waals surface area contributed by atoms with Gasteiger partial charge in [-0.3, -0.25) is 14.6 Å². The zero-order chi connectivity index (χ0) is 19.3. The van der Waals surface area contributed by atoms with Crippen molar-refractivity contribution in [1.29, 1.82) is 0 Å². The summed E-state index contributed by atoms with van der Waals surface area (Å²) < 4.78 is 5.40. The maximum atomic E-state index is 12.4. The highest BCUT2D eigenvalue weighted by Crippen LogP contribution is 2.26. The third-order valence-electron chi connectivity index (χ3n) is 4.68. The van der Waals surface area contributed by atoms with E-state index in [0.717, 1.165) is 49.7 Å². The largest absolute Gasteiger partial charge is 0.468 e. The van der Waals surface area contributed by atoms with E-state index in [9.17, 15) is 4.79 Å². The minimum Gasteiger partial charge on any atom is -0.468 e. The number of hydrogen-bond acceptors (Lipinski definition) is 6. The summed E-state index contributed by atoms with van der Waals surface area (Å²) in [6.07, 6.45) is 1.70. The maximum Gasteiger partial charge on any atom is 0.240 e. The first-order valence-electron chi connectivity index (χ1n) is 9.14. The summed E-state index contributed by atoms with van der Waals surface area (Å²) in [6.45, 7) is 4.77. The van der Waals surface area contributed by atoms with E-state index in [4.69, 9.17) is 16.0 Å². The van der Waals surface area contributed by atoms with E-state index in [-0.39, 0.29) is 5.91 Å². The van der Waals surface area contributed by atoms with Gasteiger partial charge in [-0.15, -0.1) is 11.3 Å². The van der Waals surface area contributed by atoms with Gasteiger partial charge in [0.1, 0.15) is 5.76 Å². The Morgan fingerprint density at radius 1 is 1.14 bits per heavy atom. The normalized spacial score (nSPS) is 15.6. The maximum absolute atomic E-state index is 12.4. The van der Waals surface area contributed by atoms with E-state index >= 15 is 0 Å². The molecule has 0 bridgehead atoms. The molecule has 1 fully saturated rings. The number of carbonyl (C=O) groups excluding carboxylic acids is 1. The molecule has 0 radical (unpaired) electrons. The standard InChI is InChI=1S/C20H21ClN4O2S/c21-16-5-3-15(4-6-16)18-14-28-20(22-18)23-19(26)13-25-9-7-24(8-10-25)12-17-2-1-11-27-17/h1-6,11,14H,7-10,12-13H2,(H,22,23,26). The topological polar surface area (TPSA) is 61.6 Å². The van der Waals surface area contributed by atoms with E-state index in [1.807, 2.05) is 41.8 Å². The van der Waals surface area contributed by atoms with Gasteiger partial charge in [-0.05, 0) is 24.3 Å². The van der Waals surface area contributed by atoms with Crippen molar-refractivity contribution in [3.8, 4) is 11.3 Å². The van der Waals surface area contributed by atoms with Gasteiger partial charge in [0, 0.05) is 42.1 Å². The van der Waals surface area contributed by atoms with Gasteiger partial charge in [-0.1, -0.05) is 23.7 Å². The van der Waals surface area contributed by atoms with Gasteiger partial charge in [-0.25, -0.2) is 4.98 Å². The first-order chi connectivity index (χ1) is 13.7. The predicted octanol–water partition coefficient (Wildman–Crippen LogP) is 3.81. The van der Waals surface area contributed by atoms with Crippen molar-refractivity contribution in [3.63, 3.8) is 0 Å². The molecule has 4 rings (SSSR count). The molecule has 1 aliphatic heterocycles. The molecule has 3 aromatic rings. The predicted molar refractivity (Wildman–Crippen MR) is 112 cm³/mol. The summed E-state index contributed by atoms with van der Waals surface area (Å²) >= 11 is 7.35. The Bertz CT molecular complexity index is 903. The monoisotopic (exact) mass is 416 g/mol. The number of rotatable bonds is 6. The van der Waals surface area contributed by atoms with Crippen LogP contribution in [0.3, 0.4) is 0 Å². The van der Waals surface area contributed by atoms with E-state index in [2.05, 4.69) is 20.1 Å². The van der Waals surface area contributed by atoms with Crippen LogP contribution in [0.5, 0.6) is 0 Å². The first kappa shape index (κ1) is 19.1. The smallest absolute Gasteiger partial charge is 0.240 e. The van der Waals surface area contributed by atoms with Gasteiger partial charge in [0.25, 0.3) is 0 Å². The lowest BCUT2D eigenvalue weighted by molar-refractivity contribution is -0.117. The molecule has 28 heavy (non-hydrogen) atoms. The Morgan fingerprint density at radius 2 is 1.89 bits per heavy atom. The average Bonchev–Trinajstić information content (AvgIpc) is 3.36. The van der Waals surface area contributed by atoms with E-state index in [0.29, 0.717) is 16.7 Å². The Kier molecular flexibility index (Phi) is 6.07. The van der Waals surface area contributed by atoms with Gasteiger partial charge >= 0.3 is 0 Å². The van der Waals surface area contributed by atoms with Crippen LogP contribution in [0, 0.1) is 0 Å². The lowest BCUT2D eigenvalue weighted by Gasteiger charge is -2.33. The van der Waals surface area contributed by atoms with Crippen LogP contribution >= 0.6 is 22.9 Å². The van der Waals surface area contributed by atoms with Gasteiger partial charge in [0.05, 0.1) is 25.0 Å². The minimum absolute atomic E-state index is 0.0310. The first-order valence-corrected chi connectivity index (χ1v) is 10.4. The number of nitrogens with zero attached hydrogens (tertiary/aromatic N) is 3. The highest BCUT2D eigenvalue weighted by Gasteiger charge is 2.20. The molecule has 0 unspecified atom stereocenters. The fourth-order valence-corrected chi connectivity index (χ4v) is 4.04. The molecule has 0 aliphatic carbocycles. The molecule has 0 saturated carbocycles. The van der Waals surface area contributed by atoms with Crippen LogP contribution in [0.2, 0.25) is 5.02 Å². The fourth-order valence-electron chi connectivity index (χ4n) is 3.17. The molecule has 1 amide bonds. The summed E-state index contributed by atoms with van der Waals surface area (Å²) in [5.74, 6) is 0.947. The second kappa shape index (κ2) is 8.87. The van der Waals surface area contributed by atoms with Crippen LogP contribution in [-0.2, 0) is 11.3 Å². The van der Waals surface area contributed by atoms with E-state index in [1.165, 1.54) is 11.3 Å². The number of thiazole rings is 1. The molecule has 1 N–H and O–H groups in total. The van der Waals surface area contributed by atoms with Crippen molar-refractivity contribution in [1.82, 2.24) is 14.8 Å².